The Kier molecular flexibility index (Phi) is 5.07. The van der Waals surface area contributed by atoms with Crippen LogP contribution in [0.2, 0.25) is 0 Å². The van der Waals surface area contributed by atoms with E-state index in [2.05, 4.69) is 6.58 Å². The second kappa shape index (κ2) is 7.45. The van der Waals surface area contributed by atoms with Gasteiger partial charge in [0.1, 0.15) is 6.04 Å². The van der Waals surface area contributed by atoms with Crippen LogP contribution in [-0.2, 0) is 16.0 Å². The number of nitrogens with two attached hydrogens (primary N) is 1. The van der Waals surface area contributed by atoms with Gasteiger partial charge in [0.2, 0.25) is 11.8 Å². The molecular weight excluding hydrogens is 342 g/mol. The molecule has 1 heterocycles. The molecule has 0 spiro atoms. The van der Waals surface area contributed by atoms with Crippen molar-refractivity contribution in [2.75, 3.05) is 18.5 Å². The molecule has 0 radical (unpaired) electrons. The van der Waals surface area contributed by atoms with Gasteiger partial charge in [0.15, 0.2) is 0 Å². The SMILES string of the molecule is C=CC(=O)N(C)c1ccc(C(=O)N2CCc3ccccc3C2C(N)=O)cc1. The van der Waals surface area contributed by atoms with Crippen LogP contribution >= 0.6 is 0 Å². The van der Waals surface area contributed by atoms with Crippen molar-refractivity contribution >= 4 is 23.4 Å². The van der Waals surface area contributed by atoms with Gasteiger partial charge in [-0.3, -0.25) is 14.4 Å². The van der Waals surface area contributed by atoms with Gasteiger partial charge in [-0.25, -0.2) is 0 Å². The number of hydrogen-bond acceptors (Lipinski definition) is 3. The van der Waals surface area contributed by atoms with Gasteiger partial charge in [0.25, 0.3) is 5.91 Å². The molecule has 2 aromatic carbocycles. The van der Waals surface area contributed by atoms with E-state index in [1.807, 2.05) is 24.3 Å². The first-order valence-corrected chi connectivity index (χ1v) is 8.62. The Bertz CT molecular complexity index is 905. The molecule has 6 nitrogen and oxygen atoms in total. The van der Waals surface area contributed by atoms with Gasteiger partial charge >= 0.3 is 0 Å². The first kappa shape index (κ1) is 18.4. The second-order valence-electron chi connectivity index (χ2n) is 6.40. The first-order chi connectivity index (χ1) is 12.9. The molecule has 2 aromatic rings. The first-order valence-electron chi connectivity index (χ1n) is 8.62. The van der Waals surface area contributed by atoms with Crippen molar-refractivity contribution in [2.24, 2.45) is 5.73 Å². The van der Waals surface area contributed by atoms with Crippen molar-refractivity contribution in [1.82, 2.24) is 4.90 Å². The minimum absolute atomic E-state index is 0.240. The summed E-state index contributed by atoms with van der Waals surface area (Å²) in [7, 11) is 1.63. The minimum atomic E-state index is -0.785. The van der Waals surface area contributed by atoms with E-state index in [1.165, 1.54) is 15.9 Å². The summed E-state index contributed by atoms with van der Waals surface area (Å²) in [5.74, 6) is -1.06. The van der Waals surface area contributed by atoms with E-state index in [0.717, 1.165) is 11.1 Å². The maximum Gasteiger partial charge on any atom is 0.254 e. The topological polar surface area (TPSA) is 83.7 Å². The van der Waals surface area contributed by atoms with Crippen molar-refractivity contribution in [3.8, 4) is 0 Å². The summed E-state index contributed by atoms with van der Waals surface area (Å²) >= 11 is 0. The van der Waals surface area contributed by atoms with E-state index in [4.69, 9.17) is 5.73 Å². The fraction of sp³-hybridized carbons (Fsp3) is 0.190. The second-order valence-corrected chi connectivity index (χ2v) is 6.40. The number of fused-ring (bicyclic) bond motifs is 1. The maximum atomic E-state index is 13.0. The molecule has 0 saturated carbocycles. The number of primary amides is 1. The third kappa shape index (κ3) is 3.46. The fourth-order valence-corrected chi connectivity index (χ4v) is 3.35. The monoisotopic (exact) mass is 363 g/mol. The average molecular weight is 363 g/mol. The number of rotatable bonds is 4. The normalized spacial score (nSPS) is 15.6. The molecule has 1 aliphatic heterocycles. The van der Waals surface area contributed by atoms with Crippen LogP contribution in [0.3, 0.4) is 0 Å². The van der Waals surface area contributed by atoms with E-state index in [0.29, 0.717) is 24.2 Å². The quantitative estimate of drug-likeness (QED) is 0.844. The van der Waals surface area contributed by atoms with Crippen molar-refractivity contribution in [3.05, 3.63) is 77.9 Å². The number of nitrogens with zero attached hydrogens (tertiary/aromatic N) is 2. The maximum absolute atomic E-state index is 13.0. The highest BCUT2D eigenvalue weighted by atomic mass is 16.2. The molecule has 6 heteroatoms. The molecule has 27 heavy (non-hydrogen) atoms. The highest BCUT2D eigenvalue weighted by Gasteiger charge is 2.34. The van der Waals surface area contributed by atoms with Crippen LogP contribution in [0.15, 0.2) is 61.2 Å². The molecule has 1 unspecified atom stereocenters. The number of carbonyl (C=O) groups is 3. The van der Waals surface area contributed by atoms with Crippen LogP contribution in [0.1, 0.15) is 27.5 Å². The standard InChI is InChI=1S/C21H21N3O3/c1-3-18(25)23(2)16-10-8-15(9-11-16)21(27)24-13-12-14-6-4-5-7-17(14)19(24)20(22)26/h3-11,19H,1,12-13H2,2H3,(H2,22,26). The van der Waals surface area contributed by atoms with Gasteiger partial charge in [-0.1, -0.05) is 30.8 Å². The van der Waals surface area contributed by atoms with Crippen molar-refractivity contribution in [1.29, 1.82) is 0 Å². The number of amides is 3. The summed E-state index contributed by atoms with van der Waals surface area (Å²) in [5, 5.41) is 0. The summed E-state index contributed by atoms with van der Waals surface area (Å²) < 4.78 is 0. The van der Waals surface area contributed by atoms with Crippen LogP contribution < -0.4 is 10.6 Å². The van der Waals surface area contributed by atoms with Crippen molar-refractivity contribution < 1.29 is 14.4 Å². The van der Waals surface area contributed by atoms with Crippen LogP contribution in [-0.4, -0.2) is 36.2 Å². The zero-order valence-electron chi connectivity index (χ0n) is 15.1. The highest BCUT2D eigenvalue weighted by molar-refractivity contribution is 6.02. The van der Waals surface area contributed by atoms with E-state index in [9.17, 15) is 14.4 Å². The van der Waals surface area contributed by atoms with Crippen LogP contribution in [0.25, 0.3) is 0 Å². The Morgan fingerprint density at radius 2 is 1.81 bits per heavy atom. The smallest absolute Gasteiger partial charge is 0.254 e. The number of hydrogen-bond donors (Lipinski definition) is 1. The van der Waals surface area contributed by atoms with Gasteiger partial charge in [-0.2, -0.15) is 0 Å². The Balaban J connectivity index is 1.88. The number of benzene rings is 2. The molecule has 3 amide bonds. The van der Waals surface area contributed by atoms with Crippen molar-refractivity contribution in [2.45, 2.75) is 12.5 Å². The van der Waals surface area contributed by atoms with Gasteiger partial charge in [0, 0.05) is 24.8 Å². The minimum Gasteiger partial charge on any atom is -0.368 e. The zero-order valence-corrected chi connectivity index (χ0v) is 15.1. The van der Waals surface area contributed by atoms with Gasteiger partial charge in [0.05, 0.1) is 0 Å². The largest absolute Gasteiger partial charge is 0.368 e. The van der Waals surface area contributed by atoms with E-state index < -0.39 is 11.9 Å². The molecule has 1 aliphatic rings. The van der Waals surface area contributed by atoms with Crippen LogP contribution in [0.4, 0.5) is 5.69 Å². The molecule has 0 saturated heterocycles. The number of likely N-dealkylation sites (N-methyl/N-ethyl adjacent to an activating group) is 1. The molecule has 1 atom stereocenters. The predicted octanol–water partition coefficient (Wildman–Crippen LogP) is 2.06. The van der Waals surface area contributed by atoms with Crippen LogP contribution in [0, 0.1) is 0 Å². The summed E-state index contributed by atoms with van der Waals surface area (Å²) in [6, 6.07) is 13.4. The predicted molar refractivity (Wildman–Crippen MR) is 103 cm³/mol. The lowest BCUT2D eigenvalue weighted by Crippen LogP contribution is -2.45. The number of carbonyl (C=O) groups excluding carboxylic acids is 3. The van der Waals surface area contributed by atoms with Gasteiger partial charge < -0.3 is 15.5 Å². The Labute approximate surface area is 157 Å². The molecule has 3 rings (SSSR count). The molecule has 0 aliphatic carbocycles. The third-order valence-electron chi connectivity index (χ3n) is 4.82. The molecule has 138 valence electrons. The van der Waals surface area contributed by atoms with Crippen LogP contribution in [0.5, 0.6) is 0 Å². The highest BCUT2D eigenvalue weighted by Crippen LogP contribution is 2.31. The fourth-order valence-electron chi connectivity index (χ4n) is 3.35. The summed E-state index contributed by atoms with van der Waals surface area (Å²) in [5.41, 5.74) is 8.50. The summed E-state index contributed by atoms with van der Waals surface area (Å²) in [6.07, 6.45) is 1.89. The average Bonchev–Trinajstić information content (AvgIpc) is 2.71. The summed E-state index contributed by atoms with van der Waals surface area (Å²) in [4.78, 5) is 39.7. The lowest BCUT2D eigenvalue weighted by molar-refractivity contribution is -0.123. The number of anilines is 1. The van der Waals surface area contributed by atoms with E-state index in [1.54, 1.807) is 31.3 Å². The van der Waals surface area contributed by atoms with E-state index >= 15 is 0 Å². The van der Waals surface area contributed by atoms with Gasteiger partial charge in [-0.15, -0.1) is 0 Å². The lowest BCUT2D eigenvalue weighted by atomic mass is 9.91. The Morgan fingerprint density at radius 1 is 1.15 bits per heavy atom. The molecule has 0 bridgehead atoms. The molecule has 0 fully saturated rings. The lowest BCUT2D eigenvalue weighted by Gasteiger charge is -2.35. The Morgan fingerprint density at radius 3 is 2.44 bits per heavy atom. The molecular formula is C21H21N3O3. The molecule has 2 N–H and O–H groups in total. The van der Waals surface area contributed by atoms with Gasteiger partial charge in [-0.05, 0) is 47.9 Å². The van der Waals surface area contributed by atoms with E-state index in [-0.39, 0.29) is 11.8 Å². The zero-order chi connectivity index (χ0) is 19.6. The third-order valence-corrected chi connectivity index (χ3v) is 4.82. The molecule has 0 aromatic heterocycles. The van der Waals surface area contributed by atoms with Crippen molar-refractivity contribution in [3.63, 3.8) is 0 Å². The summed E-state index contributed by atoms with van der Waals surface area (Å²) in [6.45, 7) is 3.88. The Hall–Kier alpha value is -3.41.